The number of hydrogen-bond donors (Lipinski definition) is 1. The fraction of sp³-hybridized carbons (Fsp3) is 0.133. The van der Waals surface area contributed by atoms with Gasteiger partial charge in [0.05, 0.1) is 11.8 Å². The van der Waals surface area contributed by atoms with Crippen LogP contribution < -0.4 is 4.74 Å². The summed E-state index contributed by atoms with van der Waals surface area (Å²) in [6.45, 7) is 0. The zero-order valence-corrected chi connectivity index (χ0v) is 12.4. The van der Waals surface area contributed by atoms with Crippen LogP contribution in [0.3, 0.4) is 0 Å². The molecule has 1 aromatic heterocycles. The molecule has 0 aliphatic carbocycles. The lowest BCUT2D eigenvalue weighted by Crippen LogP contribution is -2.39. The van der Waals surface area contributed by atoms with Crippen LogP contribution in [0.5, 0.6) is 5.75 Å². The largest absolute Gasteiger partial charge is 0.511 e. The van der Waals surface area contributed by atoms with Crippen molar-refractivity contribution in [2.24, 2.45) is 0 Å². The first-order valence-electron chi connectivity index (χ1n) is 6.49. The van der Waals surface area contributed by atoms with Gasteiger partial charge in [0, 0.05) is 10.6 Å². The lowest BCUT2D eigenvalue weighted by Gasteiger charge is -2.28. The number of benzene rings is 1. The van der Waals surface area contributed by atoms with Crippen molar-refractivity contribution in [1.29, 1.82) is 0 Å². The van der Waals surface area contributed by atoms with Crippen LogP contribution >= 0.6 is 11.6 Å². The van der Waals surface area contributed by atoms with Crippen molar-refractivity contribution in [3.8, 4) is 17.1 Å². The monoisotopic (exact) mass is 360 g/mol. The number of hydrogen-bond acceptors (Lipinski definition) is 4. The van der Waals surface area contributed by atoms with E-state index in [0.717, 1.165) is 6.08 Å². The van der Waals surface area contributed by atoms with Gasteiger partial charge in [-0.1, -0.05) is 11.6 Å². The van der Waals surface area contributed by atoms with Gasteiger partial charge in [-0.05, 0) is 30.3 Å². The average molecular weight is 361 g/mol. The summed E-state index contributed by atoms with van der Waals surface area (Å²) in [6.07, 6.45) is -7.03. The lowest BCUT2D eigenvalue weighted by atomic mass is 10.0. The number of ether oxygens (including phenoxy) is 2. The Bertz CT molecular complexity index is 811. The van der Waals surface area contributed by atoms with E-state index in [1.165, 1.54) is 24.5 Å². The quantitative estimate of drug-likeness (QED) is 0.767. The van der Waals surface area contributed by atoms with E-state index in [4.69, 9.17) is 25.9 Å². The Morgan fingerprint density at radius 1 is 1.33 bits per heavy atom. The Labute approximate surface area is 137 Å². The van der Waals surface area contributed by atoms with Gasteiger partial charge in [-0.3, -0.25) is 0 Å². The van der Waals surface area contributed by atoms with Crippen LogP contribution in [0.4, 0.5) is 18.0 Å². The van der Waals surface area contributed by atoms with Gasteiger partial charge in [-0.15, -0.1) is 0 Å². The Kier molecular flexibility index (Phi) is 3.92. The molecule has 1 aliphatic rings. The molecule has 24 heavy (non-hydrogen) atoms. The molecule has 1 unspecified atom stereocenters. The first-order chi connectivity index (χ1) is 11.3. The molecule has 0 bridgehead atoms. The standard InChI is InChI=1S/C15H8ClF3O5/c16-8-4-7-5-11(23-14(20)21)13(15(17,18)19)24-12(7)9(6-8)10-2-1-3-22-10/h1-6,13H,(H,20,21). The fourth-order valence-corrected chi connectivity index (χ4v) is 2.51. The summed E-state index contributed by atoms with van der Waals surface area (Å²) >= 11 is 5.97. The topological polar surface area (TPSA) is 68.9 Å². The third kappa shape index (κ3) is 3.05. The van der Waals surface area contributed by atoms with Crippen LogP contribution in [-0.4, -0.2) is 23.5 Å². The number of carbonyl (C=O) groups is 1. The molecule has 1 atom stereocenters. The maximum atomic E-state index is 13.2. The highest BCUT2D eigenvalue weighted by Gasteiger charge is 2.48. The van der Waals surface area contributed by atoms with Gasteiger partial charge < -0.3 is 19.0 Å². The van der Waals surface area contributed by atoms with Gasteiger partial charge in [0.2, 0.25) is 0 Å². The summed E-state index contributed by atoms with van der Waals surface area (Å²) in [7, 11) is 0. The molecular weight excluding hydrogens is 353 g/mol. The van der Waals surface area contributed by atoms with Crippen molar-refractivity contribution in [3.63, 3.8) is 0 Å². The van der Waals surface area contributed by atoms with E-state index in [9.17, 15) is 18.0 Å². The van der Waals surface area contributed by atoms with Crippen LogP contribution in [0.25, 0.3) is 17.4 Å². The van der Waals surface area contributed by atoms with E-state index in [1.54, 1.807) is 6.07 Å². The number of halogens is 4. The maximum absolute atomic E-state index is 13.2. The lowest BCUT2D eigenvalue weighted by molar-refractivity contribution is -0.191. The van der Waals surface area contributed by atoms with Gasteiger partial charge in [0.1, 0.15) is 11.5 Å². The van der Waals surface area contributed by atoms with E-state index < -0.39 is 24.2 Å². The first kappa shape index (κ1) is 16.3. The van der Waals surface area contributed by atoms with Crippen LogP contribution in [0.2, 0.25) is 5.02 Å². The van der Waals surface area contributed by atoms with Crippen LogP contribution in [0, 0.1) is 0 Å². The van der Waals surface area contributed by atoms with Crippen LogP contribution in [-0.2, 0) is 4.74 Å². The smallest absolute Gasteiger partial charge is 0.471 e. The third-order valence-electron chi connectivity index (χ3n) is 3.16. The van der Waals surface area contributed by atoms with Crippen molar-refractivity contribution in [2.75, 3.05) is 0 Å². The molecule has 1 aromatic carbocycles. The molecular formula is C15H8ClF3O5. The molecule has 0 saturated heterocycles. The second-order valence-corrected chi connectivity index (χ2v) is 5.24. The minimum absolute atomic E-state index is 0.130. The Morgan fingerprint density at radius 3 is 2.67 bits per heavy atom. The molecule has 0 saturated carbocycles. The van der Waals surface area contributed by atoms with E-state index >= 15 is 0 Å². The van der Waals surface area contributed by atoms with Crippen molar-refractivity contribution in [2.45, 2.75) is 12.3 Å². The molecule has 2 heterocycles. The summed E-state index contributed by atoms with van der Waals surface area (Å²) in [4.78, 5) is 10.6. The van der Waals surface area contributed by atoms with Gasteiger partial charge in [0.25, 0.3) is 6.10 Å². The summed E-state index contributed by atoms with van der Waals surface area (Å²) in [6, 6.07) is 5.82. The van der Waals surface area contributed by atoms with Crippen molar-refractivity contribution < 1.29 is 37.0 Å². The number of furan rings is 1. The van der Waals surface area contributed by atoms with E-state index in [0.29, 0.717) is 0 Å². The molecule has 0 spiro atoms. The zero-order valence-electron chi connectivity index (χ0n) is 11.6. The van der Waals surface area contributed by atoms with Gasteiger partial charge >= 0.3 is 12.3 Å². The number of rotatable bonds is 2. The van der Waals surface area contributed by atoms with Crippen molar-refractivity contribution in [3.05, 3.63) is 46.9 Å². The molecule has 0 fully saturated rings. The van der Waals surface area contributed by atoms with E-state index in [1.807, 2.05) is 0 Å². The normalized spacial score (nSPS) is 16.8. The zero-order chi connectivity index (χ0) is 17.5. The molecule has 5 nitrogen and oxygen atoms in total. The van der Waals surface area contributed by atoms with Gasteiger partial charge in [-0.2, -0.15) is 13.2 Å². The second kappa shape index (κ2) is 5.79. The van der Waals surface area contributed by atoms with Crippen molar-refractivity contribution >= 4 is 23.8 Å². The Balaban J connectivity index is 2.17. The second-order valence-electron chi connectivity index (χ2n) is 4.80. The maximum Gasteiger partial charge on any atom is 0.511 e. The molecule has 1 N–H and O–H groups in total. The fourth-order valence-electron chi connectivity index (χ4n) is 2.29. The molecule has 9 heteroatoms. The van der Waals surface area contributed by atoms with Gasteiger partial charge in [0.15, 0.2) is 5.76 Å². The molecule has 2 aromatic rings. The summed E-state index contributed by atoms with van der Waals surface area (Å²) in [5.74, 6) is -0.768. The summed E-state index contributed by atoms with van der Waals surface area (Å²) in [5, 5.41) is 8.84. The average Bonchev–Trinajstić information content (AvgIpc) is 2.97. The first-order valence-corrected chi connectivity index (χ1v) is 6.86. The predicted octanol–water partition coefficient (Wildman–Crippen LogP) is 4.96. The third-order valence-corrected chi connectivity index (χ3v) is 3.38. The number of fused-ring (bicyclic) bond motifs is 1. The minimum Gasteiger partial charge on any atom is -0.471 e. The molecule has 0 amide bonds. The van der Waals surface area contributed by atoms with E-state index in [2.05, 4.69) is 4.74 Å². The SMILES string of the molecule is O=C(O)OC1=Cc2cc(Cl)cc(-c3ccco3)c2OC1C(F)(F)F. The highest BCUT2D eigenvalue weighted by Crippen LogP contribution is 2.44. The number of carboxylic acid groups (broad SMARTS) is 1. The highest BCUT2D eigenvalue weighted by molar-refractivity contribution is 6.31. The molecule has 1 aliphatic heterocycles. The van der Waals surface area contributed by atoms with Crippen LogP contribution in [0.15, 0.2) is 40.7 Å². The minimum atomic E-state index is -4.88. The number of alkyl halides is 3. The van der Waals surface area contributed by atoms with Gasteiger partial charge in [-0.25, -0.2) is 4.79 Å². The summed E-state index contributed by atoms with van der Waals surface area (Å²) in [5.41, 5.74) is 0.355. The summed E-state index contributed by atoms with van der Waals surface area (Å²) < 4.78 is 54.0. The Hall–Kier alpha value is -2.61. The Morgan fingerprint density at radius 2 is 2.08 bits per heavy atom. The predicted molar refractivity (Wildman–Crippen MR) is 76.7 cm³/mol. The molecule has 126 valence electrons. The highest BCUT2D eigenvalue weighted by atomic mass is 35.5. The molecule has 0 radical (unpaired) electrons. The van der Waals surface area contributed by atoms with E-state index in [-0.39, 0.29) is 27.7 Å². The van der Waals surface area contributed by atoms with Crippen LogP contribution in [0.1, 0.15) is 5.56 Å². The molecule has 3 rings (SSSR count). The van der Waals surface area contributed by atoms with Crippen molar-refractivity contribution in [1.82, 2.24) is 0 Å².